The van der Waals surface area contributed by atoms with Gasteiger partial charge in [-0.15, -0.1) is 10.2 Å². The summed E-state index contributed by atoms with van der Waals surface area (Å²) in [6.07, 6.45) is 0. The van der Waals surface area contributed by atoms with E-state index in [-0.39, 0.29) is 0 Å². The van der Waals surface area contributed by atoms with E-state index >= 15 is 0 Å². The number of hydrogen-bond donors (Lipinski definition) is 0. The van der Waals surface area contributed by atoms with Gasteiger partial charge >= 0.3 is 0 Å². The fraction of sp³-hybridized carbons (Fsp3) is 0.250. The Morgan fingerprint density at radius 2 is 1.64 bits per heavy atom. The van der Waals surface area contributed by atoms with Gasteiger partial charge in [0.2, 0.25) is 5.89 Å². The number of rotatable bonds is 3. The highest BCUT2D eigenvalue weighted by Crippen LogP contribution is 2.30. The summed E-state index contributed by atoms with van der Waals surface area (Å²) in [5, 5.41) is 9.54. The lowest BCUT2D eigenvalue weighted by molar-refractivity contribution is 0.465. The second-order valence-electron chi connectivity index (χ2n) is 5.13. The zero-order chi connectivity index (χ0) is 15.7. The molecule has 0 atom stereocenters. The molecule has 2 heterocycles. The van der Waals surface area contributed by atoms with E-state index in [0.29, 0.717) is 11.1 Å². The Morgan fingerprint density at radius 1 is 0.909 bits per heavy atom. The highest BCUT2D eigenvalue weighted by molar-refractivity contribution is 7.99. The largest absolute Gasteiger partial charge is 0.411 e. The fourth-order valence-electron chi connectivity index (χ4n) is 1.98. The van der Waals surface area contributed by atoms with Gasteiger partial charge in [-0.3, -0.25) is 0 Å². The smallest absolute Gasteiger partial charge is 0.283 e. The number of aryl methyl sites for hydroxylation is 3. The van der Waals surface area contributed by atoms with Crippen molar-refractivity contribution in [2.24, 2.45) is 0 Å². The summed E-state index contributed by atoms with van der Waals surface area (Å²) in [5.41, 5.74) is 4.11. The van der Waals surface area contributed by atoms with Crippen LogP contribution in [0.25, 0.3) is 11.5 Å². The summed E-state index contributed by atoms with van der Waals surface area (Å²) in [6, 6.07) is 7.99. The van der Waals surface area contributed by atoms with E-state index in [4.69, 9.17) is 4.42 Å². The number of aromatic nitrogens is 4. The van der Waals surface area contributed by atoms with Gasteiger partial charge in [0, 0.05) is 16.8 Å². The molecule has 0 spiro atoms. The maximum atomic E-state index is 5.73. The van der Waals surface area contributed by atoms with Crippen LogP contribution in [0, 0.1) is 27.7 Å². The molecule has 1 aromatic carbocycles. The molecule has 0 saturated carbocycles. The van der Waals surface area contributed by atoms with Gasteiger partial charge in [-0.25, -0.2) is 9.97 Å². The van der Waals surface area contributed by atoms with Gasteiger partial charge in [0.25, 0.3) is 5.22 Å². The number of hydrogen-bond acceptors (Lipinski definition) is 6. The molecule has 0 aliphatic carbocycles. The maximum Gasteiger partial charge on any atom is 0.283 e. The highest BCUT2D eigenvalue weighted by atomic mass is 32.2. The predicted molar refractivity (Wildman–Crippen MR) is 84.8 cm³/mol. The first-order valence-electron chi connectivity index (χ1n) is 6.93. The molecule has 112 valence electrons. The van der Waals surface area contributed by atoms with Crippen LogP contribution in [0.3, 0.4) is 0 Å². The average Bonchev–Trinajstić information content (AvgIpc) is 2.93. The quantitative estimate of drug-likeness (QED) is 0.683. The Bertz CT molecular complexity index is 812. The first kappa shape index (κ1) is 14.7. The second-order valence-corrected chi connectivity index (χ2v) is 6.07. The molecule has 3 rings (SSSR count). The maximum absolute atomic E-state index is 5.73. The lowest BCUT2D eigenvalue weighted by atomic mass is 10.1. The molecule has 0 fully saturated rings. The molecule has 3 aromatic rings. The third-order valence-electron chi connectivity index (χ3n) is 3.35. The van der Waals surface area contributed by atoms with E-state index in [2.05, 4.69) is 20.2 Å². The standard InChI is InChI=1S/C16H16N4OS/c1-9-5-7-13(8-6-9)14-19-20-16(21-14)22-15-10(2)11(3)17-12(4)18-15/h5-8H,1-4H3. The van der Waals surface area contributed by atoms with Crippen molar-refractivity contribution in [3.63, 3.8) is 0 Å². The Morgan fingerprint density at radius 3 is 2.36 bits per heavy atom. The molecule has 0 unspecified atom stereocenters. The molecule has 22 heavy (non-hydrogen) atoms. The molecule has 0 bridgehead atoms. The summed E-state index contributed by atoms with van der Waals surface area (Å²) >= 11 is 1.37. The highest BCUT2D eigenvalue weighted by Gasteiger charge is 2.14. The summed E-state index contributed by atoms with van der Waals surface area (Å²) in [7, 11) is 0. The van der Waals surface area contributed by atoms with Crippen LogP contribution in [0.4, 0.5) is 0 Å². The monoisotopic (exact) mass is 312 g/mol. The third-order valence-corrected chi connectivity index (χ3v) is 4.28. The van der Waals surface area contributed by atoms with Crippen LogP contribution in [0.2, 0.25) is 0 Å². The second kappa shape index (κ2) is 5.88. The minimum Gasteiger partial charge on any atom is -0.411 e. The van der Waals surface area contributed by atoms with Gasteiger partial charge in [0.15, 0.2) is 0 Å². The van der Waals surface area contributed by atoms with E-state index in [1.807, 2.05) is 52.0 Å². The minimum atomic E-state index is 0.483. The van der Waals surface area contributed by atoms with Gasteiger partial charge in [0.1, 0.15) is 10.9 Å². The molecule has 6 heteroatoms. The van der Waals surface area contributed by atoms with Gasteiger partial charge in [-0.05, 0) is 51.6 Å². The molecule has 0 N–H and O–H groups in total. The van der Waals surface area contributed by atoms with Crippen molar-refractivity contribution in [2.45, 2.75) is 37.9 Å². The molecular formula is C16H16N4OS. The lowest BCUT2D eigenvalue weighted by Crippen LogP contribution is -1.97. The molecule has 0 aliphatic heterocycles. The summed E-state index contributed by atoms with van der Waals surface area (Å²) in [6.45, 7) is 7.89. The van der Waals surface area contributed by atoms with Crippen molar-refractivity contribution in [3.8, 4) is 11.5 Å². The Labute approximate surface area is 133 Å². The van der Waals surface area contributed by atoms with E-state index in [1.165, 1.54) is 17.3 Å². The van der Waals surface area contributed by atoms with Crippen molar-refractivity contribution in [2.75, 3.05) is 0 Å². The van der Waals surface area contributed by atoms with Crippen LogP contribution in [0.1, 0.15) is 22.6 Å². The minimum absolute atomic E-state index is 0.483. The van der Waals surface area contributed by atoms with Crippen molar-refractivity contribution >= 4 is 11.8 Å². The molecule has 0 radical (unpaired) electrons. The van der Waals surface area contributed by atoms with Gasteiger partial charge in [-0.2, -0.15) is 0 Å². The molecule has 5 nitrogen and oxygen atoms in total. The molecular weight excluding hydrogens is 296 g/mol. The zero-order valence-electron chi connectivity index (χ0n) is 12.9. The van der Waals surface area contributed by atoms with E-state index < -0.39 is 0 Å². The summed E-state index contributed by atoms with van der Waals surface area (Å²) < 4.78 is 5.73. The Balaban J connectivity index is 1.87. The SMILES string of the molecule is Cc1ccc(-c2nnc(Sc3nc(C)nc(C)c3C)o2)cc1. The van der Waals surface area contributed by atoms with Crippen LogP contribution in [0.15, 0.2) is 38.9 Å². The van der Waals surface area contributed by atoms with Crippen LogP contribution < -0.4 is 0 Å². The van der Waals surface area contributed by atoms with Gasteiger partial charge in [0.05, 0.1) is 0 Å². The Kier molecular flexibility index (Phi) is 3.94. The van der Waals surface area contributed by atoms with Crippen LogP contribution in [-0.2, 0) is 0 Å². The van der Waals surface area contributed by atoms with Crippen LogP contribution in [-0.4, -0.2) is 20.2 Å². The third kappa shape index (κ3) is 3.01. The van der Waals surface area contributed by atoms with Crippen molar-refractivity contribution in [3.05, 3.63) is 46.9 Å². The first-order valence-corrected chi connectivity index (χ1v) is 7.75. The average molecular weight is 312 g/mol. The first-order chi connectivity index (χ1) is 10.5. The normalized spacial score (nSPS) is 10.9. The van der Waals surface area contributed by atoms with E-state index in [9.17, 15) is 0 Å². The zero-order valence-corrected chi connectivity index (χ0v) is 13.7. The molecule has 0 amide bonds. The van der Waals surface area contributed by atoms with Gasteiger partial charge in [-0.1, -0.05) is 17.7 Å². The predicted octanol–water partition coefficient (Wildman–Crippen LogP) is 3.91. The molecule has 0 aliphatic rings. The van der Waals surface area contributed by atoms with E-state index in [1.54, 1.807) is 0 Å². The summed E-state index contributed by atoms with van der Waals surface area (Å²) in [5.74, 6) is 1.26. The number of nitrogens with zero attached hydrogens (tertiary/aromatic N) is 4. The Hall–Kier alpha value is -2.21. The van der Waals surface area contributed by atoms with Crippen LogP contribution >= 0.6 is 11.8 Å². The van der Waals surface area contributed by atoms with Crippen molar-refractivity contribution in [1.82, 2.24) is 20.2 Å². The van der Waals surface area contributed by atoms with Crippen molar-refractivity contribution < 1.29 is 4.42 Å². The molecule has 2 aromatic heterocycles. The lowest BCUT2D eigenvalue weighted by Gasteiger charge is -2.05. The fourth-order valence-corrected chi connectivity index (χ4v) is 2.83. The van der Waals surface area contributed by atoms with Gasteiger partial charge < -0.3 is 4.42 Å². The summed E-state index contributed by atoms with van der Waals surface area (Å²) in [4.78, 5) is 8.79. The van der Waals surface area contributed by atoms with E-state index in [0.717, 1.165) is 27.7 Å². The van der Waals surface area contributed by atoms with Crippen molar-refractivity contribution in [1.29, 1.82) is 0 Å². The van der Waals surface area contributed by atoms with Crippen LogP contribution in [0.5, 0.6) is 0 Å². The molecule has 0 saturated heterocycles. The topological polar surface area (TPSA) is 64.7 Å². The number of benzene rings is 1.